The maximum atomic E-state index is 14.5. The molecule has 1 amide bonds. The maximum absolute atomic E-state index is 14.5. The van der Waals surface area contributed by atoms with Gasteiger partial charge in [0.05, 0.1) is 33.4 Å². The smallest absolute Gasteiger partial charge is 0.240 e. The number of carbonyl (C=O) groups is 1. The Morgan fingerprint density at radius 1 is 0.842 bits per heavy atom. The Morgan fingerprint density at radius 3 is 2.26 bits per heavy atom. The third-order valence-corrected chi connectivity index (χ3v) is 8.47. The van der Waals surface area contributed by atoms with Crippen LogP contribution in [-0.2, 0) is 30.7 Å². The van der Waals surface area contributed by atoms with Gasteiger partial charge >= 0.3 is 0 Å². The molecule has 6 nitrogen and oxygen atoms in total. The van der Waals surface area contributed by atoms with Gasteiger partial charge in [-0.05, 0) is 72.1 Å². The Morgan fingerprint density at radius 2 is 1.53 bits per heavy atom. The molecule has 0 radical (unpaired) electrons. The number of rotatable bonds is 7. The Labute approximate surface area is 225 Å². The minimum absolute atomic E-state index is 0.0799. The molecule has 2 aliphatic heterocycles. The molecule has 3 aromatic rings. The van der Waals surface area contributed by atoms with E-state index in [4.69, 9.17) is 14.2 Å². The molecule has 198 valence electrons. The quantitative estimate of drug-likeness (QED) is 0.437. The highest BCUT2D eigenvalue weighted by Crippen LogP contribution is 2.50. The Hall–Kier alpha value is -3.51. The lowest BCUT2D eigenvalue weighted by molar-refractivity contribution is -0.141. The van der Waals surface area contributed by atoms with Crippen LogP contribution in [0.3, 0.4) is 0 Å². The minimum Gasteiger partial charge on any atom is -0.496 e. The van der Waals surface area contributed by atoms with Crippen LogP contribution in [-0.4, -0.2) is 49.6 Å². The van der Waals surface area contributed by atoms with Crippen LogP contribution in [0.1, 0.15) is 46.7 Å². The molecule has 2 heterocycles. The predicted octanol–water partition coefficient (Wildman–Crippen LogP) is 5.18. The fourth-order valence-electron chi connectivity index (χ4n) is 6.37. The van der Waals surface area contributed by atoms with Crippen molar-refractivity contribution in [2.75, 3.05) is 27.9 Å². The average Bonchev–Trinajstić information content (AvgIpc) is 3.80. The van der Waals surface area contributed by atoms with Gasteiger partial charge in [0.25, 0.3) is 0 Å². The number of methoxy groups -OCH3 is 3. The first-order chi connectivity index (χ1) is 18.6. The summed E-state index contributed by atoms with van der Waals surface area (Å²) >= 11 is 0. The van der Waals surface area contributed by atoms with Gasteiger partial charge in [-0.3, -0.25) is 9.69 Å². The van der Waals surface area contributed by atoms with Gasteiger partial charge < -0.3 is 19.1 Å². The van der Waals surface area contributed by atoms with Crippen molar-refractivity contribution in [2.45, 2.75) is 50.9 Å². The Kier molecular flexibility index (Phi) is 6.75. The van der Waals surface area contributed by atoms with Crippen molar-refractivity contribution < 1.29 is 19.0 Å². The van der Waals surface area contributed by atoms with Crippen molar-refractivity contribution in [3.63, 3.8) is 0 Å². The van der Waals surface area contributed by atoms with Crippen molar-refractivity contribution >= 4 is 5.91 Å². The van der Waals surface area contributed by atoms with E-state index in [2.05, 4.69) is 52.3 Å². The van der Waals surface area contributed by atoms with Gasteiger partial charge in [0.2, 0.25) is 5.91 Å². The highest BCUT2D eigenvalue weighted by molar-refractivity contribution is 5.83. The summed E-state index contributed by atoms with van der Waals surface area (Å²) in [6.45, 7) is 2.13. The number of ether oxygens (including phenoxy) is 3. The Bertz CT molecular complexity index is 1330. The maximum Gasteiger partial charge on any atom is 0.240 e. The van der Waals surface area contributed by atoms with Crippen molar-refractivity contribution in [3.05, 3.63) is 88.5 Å². The number of nitrogens with zero attached hydrogens (tertiary/aromatic N) is 2. The van der Waals surface area contributed by atoms with Crippen LogP contribution < -0.4 is 14.2 Å². The summed E-state index contributed by atoms with van der Waals surface area (Å²) in [5.74, 6) is 3.07. The zero-order chi connectivity index (χ0) is 26.2. The molecule has 1 saturated carbocycles. The summed E-state index contributed by atoms with van der Waals surface area (Å²) in [7, 11) is 5.07. The normalized spacial score (nSPS) is 20.9. The van der Waals surface area contributed by atoms with Gasteiger partial charge in [-0.25, -0.2) is 0 Å². The summed E-state index contributed by atoms with van der Waals surface area (Å²) in [4.78, 5) is 19.1. The average molecular weight is 513 g/mol. The van der Waals surface area contributed by atoms with Crippen molar-refractivity contribution in [2.24, 2.45) is 5.92 Å². The van der Waals surface area contributed by atoms with Gasteiger partial charge in [0.1, 0.15) is 5.75 Å². The molecular formula is C32H36N2O4. The largest absolute Gasteiger partial charge is 0.496 e. The third-order valence-electron chi connectivity index (χ3n) is 8.47. The summed E-state index contributed by atoms with van der Waals surface area (Å²) in [6.07, 6.45) is 3.85. The number of para-hydroxylation sites is 1. The van der Waals surface area contributed by atoms with Gasteiger partial charge in [0, 0.05) is 25.2 Å². The summed E-state index contributed by atoms with van der Waals surface area (Å²) in [6, 6.07) is 20.7. The molecule has 2 atom stereocenters. The molecular weight excluding hydrogens is 476 g/mol. The lowest BCUT2D eigenvalue weighted by Gasteiger charge is -2.43. The van der Waals surface area contributed by atoms with E-state index < -0.39 is 0 Å². The second kappa shape index (κ2) is 10.3. The molecule has 1 fully saturated rings. The number of hydrogen-bond acceptors (Lipinski definition) is 5. The number of hydrogen-bond donors (Lipinski definition) is 0. The summed E-state index contributed by atoms with van der Waals surface area (Å²) < 4.78 is 16.9. The van der Waals surface area contributed by atoms with E-state index in [0.29, 0.717) is 12.5 Å². The first kappa shape index (κ1) is 24.8. The predicted molar refractivity (Wildman–Crippen MR) is 147 cm³/mol. The molecule has 2 unspecified atom stereocenters. The Balaban J connectivity index is 1.35. The summed E-state index contributed by atoms with van der Waals surface area (Å²) in [5, 5.41) is 0. The third kappa shape index (κ3) is 4.51. The number of amides is 1. The second-order valence-corrected chi connectivity index (χ2v) is 10.7. The molecule has 0 aromatic heterocycles. The molecule has 38 heavy (non-hydrogen) atoms. The monoisotopic (exact) mass is 512 g/mol. The fraction of sp³-hybridized carbons (Fsp3) is 0.406. The molecule has 0 saturated heterocycles. The molecule has 3 aromatic carbocycles. The van der Waals surface area contributed by atoms with Gasteiger partial charge in [0.15, 0.2) is 11.5 Å². The molecule has 1 aliphatic carbocycles. The zero-order valence-electron chi connectivity index (χ0n) is 22.5. The lowest BCUT2D eigenvalue weighted by atomic mass is 9.87. The zero-order valence-corrected chi connectivity index (χ0v) is 22.5. The van der Waals surface area contributed by atoms with Crippen LogP contribution in [0.15, 0.2) is 60.7 Å². The van der Waals surface area contributed by atoms with Gasteiger partial charge in [-0.1, -0.05) is 42.5 Å². The van der Waals surface area contributed by atoms with E-state index in [-0.39, 0.29) is 18.0 Å². The van der Waals surface area contributed by atoms with Crippen LogP contribution in [0.5, 0.6) is 17.2 Å². The highest BCUT2D eigenvalue weighted by atomic mass is 16.5. The van der Waals surface area contributed by atoms with E-state index in [0.717, 1.165) is 61.6 Å². The van der Waals surface area contributed by atoms with Crippen molar-refractivity contribution in [1.82, 2.24) is 9.80 Å². The van der Waals surface area contributed by atoms with Crippen LogP contribution in [0.2, 0.25) is 0 Å². The van der Waals surface area contributed by atoms with Crippen LogP contribution in [0.4, 0.5) is 0 Å². The first-order valence-corrected chi connectivity index (χ1v) is 13.6. The van der Waals surface area contributed by atoms with E-state index >= 15 is 0 Å². The van der Waals surface area contributed by atoms with E-state index in [1.54, 1.807) is 21.3 Å². The first-order valence-electron chi connectivity index (χ1n) is 13.6. The number of carbonyl (C=O) groups excluding carboxylic acids is 1. The molecule has 3 aliphatic rings. The second-order valence-electron chi connectivity index (χ2n) is 10.7. The van der Waals surface area contributed by atoms with Crippen molar-refractivity contribution in [1.29, 1.82) is 0 Å². The number of benzene rings is 3. The molecule has 0 spiro atoms. The number of fused-ring (bicyclic) bond motifs is 2. The van der Waals surface area contributed by atoms with Crippen LogP contribution in [0, 0.1) is 5.92 Å². The van der Waals surface area contributed by atoms with Gasteiger partial charge in [-0.15, -0.1) is 0 Å². The summed E-state index contributed by atoms with van der Waals surface area (Å²) in [5.41, 5.74) is 6.16. The lowest BCUT2D eigenvalue weighted by Crippen LogP contribution is -2.53. The standard InChI is InChI=1S/C32H36N2O4/c1-36-28-11-7-6-10-25(28)20-33-19-24-9-5-4-8-22(24)16-27(33)32(35)34-15-14-23-17-29(37-2)30(38-3)18-26(23)31(34)21-12-13-21/h4-11,17-18,21,27,31H,12-16,19-20H2,1-3H3. The molecule has 0 N–H and O–H groups in total. The minimum atomic E-state index is -0.224. The van der Waals surface area contributed by atoms with Crippen LogP contribution in [0.25, 0.3) is 0 Å². The van der Waals surface area contributed by atoms with E-state index in [1.807, 2.05) is 18.2 Å². The topological polar surface area (TPSA) is 51.2 Å². The molecule has 6 rings (SSSR count). The molecule has 0 bridgehead atoms. The highest BCUT2D eigenvalue weighted by Gasteiger charge is 2.45. The van der Waals surface area contributed by atoms with Gasteiger partial charge in [-0.2, -0.15) is 0 Å². The van der Waals surface area contributed by atoms with Crippen LogP contribution >= 0.6 is 0 Å². The van der Waals surface area contributed by atoms with E-state index in [1.165, 1.54) is 22.3 Å². The fourth-order valence-corrected chi connectivity index (χ4v) is 6.37. The van der Waals surface area contributed by atoms with Crippen molar-refractivity contribution in [3.8, 4) is 17.2 Å². The molecule has 6 heteroatoms. The van der Waals surface area contributed by atoms with E-state index in [9.17, 15) is 4.79 Å². The SMILES string of the molecule is COc1ccccc1CN1Cc2ccccc2CC1C(=O)N1CCc2cc(OC)c(OC)cc2C1C1CC1.